The molecule has 21 heavy (non-hydrogen) atoms. The fourth-order valence-corrected chi connectivity index (χ4v) is 2.80. The molecule has 0 radical (unpaired) electrons. The maximum absolute atomic E-state index is 5.96. The first-order valence-corrected chi connectivity index (χ1v) is 8.11. The molecule has 2 unspecified atom stereocenters. The molecule has 0 fully saturated rings. The maximum Gasteiger partial charge on any atom is 0.0249 e. The van der Waals surface area contributed by atoms with Gasteiger partial charge in [-0.05, 0) is 35.4 Å². The summed E-state index contributed by atoms with van der Waals surface area (Å²) in [5.74, 6) is 1.71. The molecule has 2 aromatic carbocycles. The molecule has 2 aromatic rings. The van der Waals surface area contributed by atoms with E-state index < -0.39 is 0 Å². The second-order valence-electron chi connectivity index (χ2n) is 5.67. The Balaban J connectivity index is 2.28. The Hall–Kier alpha value is -1.53. The summed E-state index contributed by atoms with van der Waals surface area (Å²) in [6, 6.07) is 19.4. The molecular weight excluding hydrogens is 276 g/mol. The third-order valence-corrected chi connectivity index (χ3v) is 4.49. The molecule has 0 bridgehead atoms. The minimum atomic E-state index is 0.428. The Morgan fingerprint density at radius 3 is 2.38 bits per heavy atom. The molecule has 0 N–H and O–H groups in total. The Labute approximate surface area is 133 Å². The standard InChI is InChI=1S/C20H23Cl/c1-3-17-8-7-11-19(14-17)20(13-12-16(2)15-21)18-9-5-4-6-10-18/h3-11,14,16,20H,1,12-13,15H2,2H3. The minimum Gasteiger partial charge on any atom is -0.126 e. The van der Waals surface area contributed by atoms with Crippen LogP contribution < -0.4 is 0 Å². The van der Waals surface area contributed by atoms with E-state index in [-0.39, 0.29) is 0 Å². The Morgan fingerprint density at radius 2 is 1.71 bits per heavy atom. The molecule has 0 saturated heterocycles. The highest BCUT2D eigenvalue weighted by atomic mass is 35.5. The molecule has 2 rings (SSSR count). The monoisotopic (exact) mass is 298 g/mol. The van der Waals surface area contributed by atoms with Crippen LogP contribution in [0.2, 0.25) is 0 Å². The summed E-state index contributed by atoms with van der Waals surface area (Å²) in [7, 11) is 0. The molecule has 110 valence electrons. The lowest BCUT2D eigenvalue weighted by Gasteiger charge is -2.20. The summed E-state index contributed by atoms with van der Waals surface area (Å²) < 4.78 is 0. The predicted molar refractivity (Wildman–Crippen MR) is 93.9 cm³/mol. The van der Waals surface area contributed by atoms with Crippen molar-refractivity contribution in [2.75, 3.05) is 5.88 Å². The van der Waals surface area contributed by atoms with Crippen LogP contribution in [0.1, 0.15) is 42.4 Å². The van der Waals surface area contributed by atoms with E-state index >= 15 is 0 Å². The molecule has 0 amide bonds. The Bertz CT molecular complexity index is 559. The first-order valence-electron chi connectivity index (χ1n) is 7.58. The summed E-state index contributed by atoms with van der Waals surface area (Å²) in [5.41, 5.74) is 3.92. The first kappa shape index (κ1) is 15.9. The van der Waals surface area contributed by atoms with Gasteiger partial charge >= 0.3 is 0 Å². The van der Waals surface area contributed by atoms with E-state index in [0.717, 1.165) is 18.7 Å². The van der Waals surface area contributed by atoms with E-state index in [9.17, 15) is 0 Å². The van der Waals surface area contributed by atoms with Crippen LogP contribution in [0.25, 0.3) is 6.08 Å². The van der Waals surface area contributed by atoms with Crippen LogP contribution in [0.5, 0.6) is 0 Å². The van der Waals surface area contributed by atoms with Crippen LogP contribution >= 0.6 is 11.6 Å². The van der Waals surface area contributed by atoms with E-state index in [4.69, 9.17) is 11.6 Å². The normalized spacial score (nSPS) is 13.6. The van der Waals surface area contributed by atoms with E-state index in [1.807, 2.05) is 6.08 Å². The van der Waals surface area contributed by atoms with Crippen molar-refractivity contribution in [1.82, 2.24) is 0 Å². The predicted octanol–water partition coefficient (Wildman–Crippen LogP) is 6.12. The highest BCUT2D eigenvalue weighted by molar-refractivity contribution is 6.18. The lowest BCUT2D eigenvalue weighted by molar-refractivity contribution is 0.533. The van der Waals surface area contributed by atoms with Crippen molar-refractivity contribution in [1.29, 1.82) is 0 Å². The molecule has 2 atom stereocenters. The number of hydrogen-bond acceptors (Lipinski definition) is 0. The fraction of sp³-hybridized carbons (Fsp3) is 0.300. The van der Waals surface area contributed by atoms with Crippen molar-refractivity contribution in [2.24, 2.45) is 5.92 Å². The third-order valence-electron chi connectivity index (χ3n) is 3.96. The van der Waals surface area contributed by atoms with Gasteiger partial charge in [-0.25, -0.2) is 0 Å². The molecule has 0 aliphatic carbocycles. The average Bonchev–Trinajstić information content (AvgIpc) is 2.56. The van der Waals surface area contributed by atoms with Gasteiger partial charge < -0.3 is 0 Å². The highest BCUT2D eigenvalue weighted by Crippen LogP contribution is 2.31. The molecule has 0 spiro atoms. The van der Waals surface area contributed by atoms with Crippen LogP contribution in [-0.4, -0.2) is 5.88 Å². The SMILES string of the molecule is C=Cc1cccc(C(CCC(C)CCl)c2ccccc2)c1. The number of alkyl halides is 1. The molecule has 0 aliphatic heterocycles. The lowest BCUT2D eigenvalue weighted by atomic mass is 9.85. The van der Waals surface area contributed by atoms with Crippen LogP contribution in [0.15, 0.2) is 61.2 Å². The Morgan fingerprint density at radius 1 is 1.00 bits per heavy atom. The van der Waals surface area contributed by atoms with Gasteiger partial charge in [0.05, 0.1) is 0 Å². The highest BCUT2D eigenvalue weighted by Gasteiger charge is 2.15. The van der Waals surface area contributed by atoms with Crippen LogP contribution in [0.3, 0.4) is 0 Å². The van der Waals surface area contributed by atoms with Crippen molar-refractivity contribution in [3.63, 3.8) is 0 Å². The zero-order valence-electron chi connectivity index (χ0n) is 12.6. The van der Waals surface area contributed by atoms with Crippen LogP contribution in [-0.2, 0) is 0 Å². The smallest absolute Gasteiger partial charge is 0.0249 e. The second-order valence-corrected chi connectivity index (χ2v) is 5.98. The average molecular weight is 299 g/mol. The summed E-state index contributed by atoms with van der Waals surface area (Å²) in [4.78, 5) is 0. The van der Waals surface area contributed by atoms with Crippen LogP contribution in [0.4, 0.5) is 0 Å². The topological polar surface area (TPSA) is 0 Å². The zero-order valence-corrected chi connectivity index (χ0v) is 13.4. The summed E-state index contributed by atoms with van der Waals surface area (Å²) >= 11 is 5.96. The quantitative estimate of drug-likeness (QED) is 0.540. The van der Waals surface area contributed by atoms with Gasteiger partial charge in [-0.15, -0.1) is 11.6 Å². The summed E-state index contributed by atoms with van der Waals surface area (Å²) in [6.45, 7) is 6.09. The van der Waals surface area contributed by atoms with Gasteiger partial charge in [0.15, 0.2) is 0 Å². The molecule has 0 heterocycles. The van der Waals surface area contributed by atoms with Crippen molar-refractivity contribution in [3.05, 3.63) is 77.9 Å². The summed E-state index contributed by atoms with van der Waals surface area (Å²) in [6.07, 6.45) is 4.17. The fourth-order valence-electron chi connectivity index (χ4n) is 2.64. The molecule has 0 saturated carbocycles. The third kappa shape index (κ3) is 4.47. The molecule has 0 aliphatic rings. The van der Waals surface area contributed by atoms with Gasteiger partial charge in [0.25, 0.3) is 0 Å². The van der Waals surface area contributed by atoms with Gasteiger partial charge in [0.1, 0.15) is 0 Å². The van der Waals surface area contributed by atoms with Crippen molar-refractivity contribution in [2.45, 2.75) is 25.7 Å². The van der Waals surface area contributed by atoms with Gasteiger partial charge in [-0.3, -0.25) is 0 Å². The second kappa shape index (κ2) is 8.05. The van der Waals surface area contributed by atoms with Gasteiger partial charge in [-0.1, -0.05) is 74.2 Å². The van der Waals surface area contributed by atoms with Crippen molar-refractivity contribution >= 4 is 17.7 Å². The summed E-state index contributed by atoms with van der Waals surface area (Å²) in [5, 5.41) is 0. The molecule has 0 nitrogen and oxygen atoms in total. The van der Waals surface area contributed by atoms with Gasteiger partial charge in [0, 0.05) is 11.8 Å². The van der Waals surface area contributed by atoms with E-state index in [2.05, 4.69) is 68.1 Å². The molecular formula is C20H23Cl. The Kier molecular flexibility index (Phi) is 6.07. The first-order chi connectivity index (χ1) is 10.2. The maximum atomic E-state index is 5.96. The number of halogens is 1. The van der Waals surface area contributed by atoms with E-state index in [1.54, 1.807) is 0 Å². The number of rotatable bonds is 7. The number of benzene rings is 2. The van der Waals surface area contributed by atoms with Crippen LogP contribution in [0, 0.1) is 5.92 Å². The minimum absolute atomic E-state index is 0.428. The zero-order chi connectivity index (χ0) is 15.1. The largest absolute Gasteiger partial charge is 0.126 e. The molecule has 1 heteroatoms. The van der Waals surface area contributed by atoms with E-state index in [1.165, 1.54) is 16.7 Å². The van der Waals surface area contributed by atoms with Gasteiger partial charge in [0.2, 0.25) is 0 Å². The van der Waals surface area contributed by atoms with E-state index in [0.29, 0.717) is 11.8 Å². The molecule has 0 aromatic heterocycles. The number of hydrogen-bond donors (Lipinski definition) is 0. The van der Waals surface area contributed by atoms with Crippen molar-refractivity contribution < 1.29 is 0 Å². The van der Waals surface area contributed by atoms with Gasteiger partial charge in [-0.2, -0.15) is 0 Å². The van der Waals surface area contributed by atoms with Crippen molar-refractivity contribution in [3.8, 4) is 0 Å². The lowest BCUT2D eigenvalue weighted by Crippen LogP contribution is -2.05.